The van der Waals surface area contributed by atoms with E-state index < -0.39 is 5.97 Å². The molecule has 35 heavy (non-hydrogen) atoms. The van der Waals surface area contributed by atoms with E-state index >= 15 is 0 Å². The van der Waals surface area contributed by atoms with E-state index in [-0.39, 0.29) is 16.7 Å². The van der Waals surface area contributed by atoms with Crippen LogP contribution >= 0.6 is 0 Å². The molecule has 5 rings (SSSR count). The largest absolute Gasteiger partial charge is 0.493 e. The van der Waals surface area contributed by atoms with Crippen molar-refractivity contribution in [1.82, 2.24) is 0 Å². The van der Waals surface area contributed by atoms with Gasteiger partial charge in [0.25, 0.3) is 0 Å². The van der Waals surface area contributed by atoms with Gasteiger partial charge >= 0.3 is 5.97 Å². The molecule has 2 aromatic rings. The third kappa shape index (κ3) is 4.69. The van der Waals surface area contributed by atoms with Crippen molar-refractivity contribution in [2.45, 2.75) is 90.6 Å². The molecule has 0 radical (unpaired) electrons. The fourth-order valence-corrected chi connectivity index (χ4v) is 6.68. The highest BCUT2D eigenvalue weighted by atomic mass is 16.5. The lowest BCUT2D eigenvalue weighted by molar-refractivity contribution is -0.139. The first kappa shape index (κ1) is 24.2. The van der Waals surface area contributed by atoms with Crippen LogP contribution in [-0.2, 0) is 23.2 Å². The number of hydrogen-bond donors (Lipinski definition) is 1. The quantitative estimate of drug-likeness (QED) is 0.435. The number of rotatable bonds is 8. The fraction of sp³-hybridized carbons (Fsp3) is 0.581. The van der Waals surface area contributed by atoms with E-state index in [1.165, 1.54) is 36.0 Å². The molecule has 3 aliphatic carbocycles. The normalized spacial score (nSPS) is 26.5. The summed E-state index contributed by atoms with van der Waals surface area (Å²) in [5, 5.41) is 9.62. The lowest BCUT2D eigenvalue weighted by Crippen LogP contribution is -2.21. The Kier molecular flexibility index (Phi) is 6.35. The van der Waals surface area contributed by atoms with Crippen LogP contribution in [0.3, 0.4) is 0 Å². The van der Waals surface area contributed by atoms with Crippen molar-refractivity contribution >= 4 is 5.97 Å². The molecular formula is C31H40O4. The van der Waals surface area contributed by atoms with Gasteiger partial charge in [-0.25, -0.2) is 0 Å². The molecule has 1 spiro atoms. The van der Waals surface area contributed by atoms with Crippen LogP contribution in [-0.4, -0.2) is 17.7 Å². The molecule has 1 N–H and O–H groups in total. The highest BCUT2D eigenvalue weighted by Gasteiger charge is 2.60. The Hall–Kier alpha value is -2.49. The molecule has 4 heteroatoms. The van der Waals surface area contributed by atoms with Crippen molar-refractivity contribution < 1.29 is 19.4 Å². The summed E-state index contributed by atoms with van der Waals surface area (Å²) in [5.74, 6) is 1.94. The molecule has 2 saturated carbocycles. The van der Waals surface area contributed by atoms with Crippen LogP contribution in [0.15, 0.2) is 36.4 Å². The van der Waals surface area contributed by atoms with Crippen LogP contribution in [0.4, 0.5) is 0 Å². The molecule has 0 aromatic heterocycles. The number of hydrogen-bond acceptors (Lipinski definition) is 3. The van der Waals surface area contributed by atoms with Gasteiger partial charge in [-0.2, -0.15) is 0 Å². The van der Waals surface area contributed by atoms with Crippen LogP contribution in [0.5, 0.6) is 11.5 Å². The van der Waals surface area contributed by atoms with Gasteiger partial charge in [-0.1, -0.05) is 46.2 Å². The SMILES string of the molecule is CC(C)COc1ccc(COc2ccc3c(c2)[C@]2(CCC3)CC2C(=O)O)cc1[C@@H]1CCCC1(C)C. The molecule has 188 valence electrons. The zero-order valence-electron chi connectivity index (χ0n) is 21.7. The Labute approximate surface area is 210 Å². The number of aliphatic carboxylic acids is 1. The molecule has 2 fully saturated rings. The Morgan fingerprint density at radius 3 is 2.60 bits per heavy atom. The van der Waals surface area contributed by atoms with Gasteiger partial charge in [0.15, 0.2) is 0 Å². The Morgan fingerprint density at radius 1 is 1.09 bits per heavy atom. The first-order valence-corrected chi connectivity index (χ1v) is 13.4. The molecule has 3 aliphatic rings. The van der Waals surface area contributed by atoms with Crippen LogP contribution in [0.1, 0.15) is 94.4 Å². The number of carboxylic acids is 1. The summed E-state index contributed by atoms with van der Waals surface area (Å²) in [6, 6.07) is 12.9. The van der Waals surface area contributed by atoms with Crippen molar-refractivity contribution in [1.29, 1.82) is 0 Å². The summed E-state index contributed by atoms with van der Waals surface area (Å²) in [6.45, 7) is 10.4. The van der Waals surface area contributed by atoms with Crippen LogP contribution in [0.2, 0.25) is 0 Å². The van der Waals surface area contributed by atoms with Gasteiger partial charge in [0, 0.05) is 5.41 Å². The van der Waals surface area contributed by atoms with Crippen molar-refractivity contribution in [2.24, 2.45) is 17.3 Å². The summed E-state index contributed by atoms with van der Waals surface area (Å²) in [6.07, 6.45) is 7.54. The Bertz CT molecular complexity index is 1100. The molecule has 0 saturated heterocycles. The van der Waals surface area contributed by atoms with E-state index in [0.29, 0.717) is 18.4 Å². The summed E-state index contributed by atoms with van der Waals surface area (Å²) in [7, 11) is 0. The second-order valence-electron chi connectivity index (χ2n) is 12.2. The van der Waals surface area contributed by atoms with Crippen LogP contribution in [0, 0.1) is 17.3 Å². The zero-order chi connectivity index (χ0) is 24.8. The Balaban J connectivity index is 1.36. The molecule has 0 aliphatic heterocycles. The maximum Gasteiger partial charge on any atom is 0.307 e. The average Bonchev–Trinajstić information content (AvgIpc) is 3.43. The fourth-order valence-electron chi connectivity index (χ4n) is 6.68. The summed E-state index contributed by atoms with van der Waals surface area (Å²) >= 11 is 0. The predicted molar refractivity (Wildman–Crippen MR) is 138 cm³/mol. The standard InChI is InChI=1S/C31H40O4/c1-20(2)18-35-28-12-9-21(15-24(28)25-8-6-13-30(25,3)4)19-34-23-11-10-22-7-5-14-31(26(22)16-23)17-27(31)29(32)33/h9-12,15-16,20,25,27H,5-8,13-14,17-19H2,1-4H3,(H,32,33)/t25-,27?,31-/m0/s1. The minimum Gasteiger partial charge on any atom is -0.493 e. The topological polar surface area (TPSA) is 55.8 Å². The van der Waals surface area contributed by atoms with Gasteiger partial charge in [-0.05, 0) is 102 Å². The molecule has 0 bridgehead atoms. The lowest BCUT2D eigenvalue weighted by atomic mass is 9.77. The van der Waals surface area contributed by atoms with Gasteiger partial charge < -0.3 is 14.6 Å². The maximum atomic E-state index is 11.7. The monoisotopic (exact) mass is 476 g/mol. The number of ether oxygens (including phenoxy) is 2. The number of carbonyl (C=O) groups is 1. The van der Waals surface area contributed by atoms with Gasteiger partial charge in [-0.3, -0.25) is 4.79 Å². The summed E-state index contributed by atoms with van der Waals surface area (Å²) in [5.41, 5.74) is 5.08. The van der Waals surface area contributed by atoms with E-state index in [9.17, 15) is 9.90 Å². The van der Waals surface area contributed by atoms with E-state index in [4.69, 9.17) is 9.47 Å². The number of benzene rings is 2. The second kappa shape index (κ2) is 9.19. The van der Waals surface area contributed by atoms with E-state index in [2.05, 4.69) is 64.1 Å². The number of fused-ring (bicyclic) bond motifs is 2. The average molecular weight is 477 g/mol. The summed E-state index contributed by atoms with van der Waals surface area (Å²) < 4.78 is 12.5. The van der Waals surface area contributed by atoms with Crippen molar-refractivity contribution in [3.63, 3.8) is 0 Å². The molecule has 2 aromatic carbocycles. The maximum absolute atomic E-state index is 11.7. The second-order valence-corrected chi connectivity index (χ2v) is 12.2. The first-order chi connectivity index (χ1) is 16.7. The molecular weight excluding hydrogens is 436 g/mol. The summed E-state index contributed by atoms with van der Waals surface area (Å²) in [4.78, 5) is 11.7. The molecule has 1 unspecified atom stereocenters. The highest BCUT2D eigenvalue weighted by molar-refractivity contribution is 5.78. The van der Waals surface area contributed by atoms with Gasteiger partial charge in [0.05, 0.1) is 12.5 Å². The van der Waals surface area contributed by atoms with Gasteiger partial charge in [0.2, 0.25) is 0 Å². The zero-order valence-corrected chi connectivity index (χ0v) is 21.7. The highest BCUT2D eigenvalue weighted by Crippen LogP contribution is 2.60. The third-order valence-corrected chi connectivity index (χ3v) is 8.74. The third-order valence-electron chi connectivity index (χ3n) is 8.74. The van der Waals surface area contributed by atoms with Crippen molar-refractivity contribution in [3.8, 4) is 11.5 Å². The van der Waals surface area contributed by atoms with Gasteiger partial charge in [-0.15, -0.1) is 0 Å². The molecule has 0 amide bonds. The minimum absolute atomic E-state index is 0.171. The van der Waals surface area contributed by atoms with Crippen molar-refractivity contribution in [3.05, 3.63) is 58.7 Å². The van der Waals surface area contributed by atoms with Crippen LogP contribution in [0.25, 0.3) is 0 Å². The minimum atomic E-state index is -0.661. The smallest absolute Gasteiger partial charge is 0.307 e. The molecule has 0 heterocycles. The Morgan fingerprint density at radius 2 is 1.91 bits per heavy atom. The van der Waals surface area contributed by atoms with Crippen molar-refractivity contribution in [2.75, 3.05) is 6.61 Å². The van der Waals surface area contributed by atoms with E-state index in [1.807, 2.05) is 0 Å². The lowest BCUT2D eigenvalue weighted by Gasteiger charge is -2.29. The van der Waals surface area contributed by atoms with Crippen LogP contribution < -0.4 is 9.47 Å². The number of aryl methyl sites for hydroxylation is 1. The van der Waals surface area contributed by atoms with Gasteiger partial charge in [0.1, 0.15) is 18.1 Å². The molecule has 3 atom stereocenters. The van der Waals surface area contributed by atoms with E-state index in [1.54, 1.807) is 0 Å². The predicted octanol–water partition coefficient (Wildman–Crippen LogP) is 7.27. The molecule has 4 nitrogen and oxygen atoms in total. The first-order valence-electron chi connectivity index (χ1n) is 13.4. The van der Waals surface area contributed by atoms with E-state index in [0.717, 1.165) is 49.4 Å². The number of carboxylic acid groups (broad SMARTS) is 1.